The molecule has 1 aromatic heterocycles. The van der Waals surface area contributed by atoms with Crippen LogP contribution in [0.2, 0.25) is 0 Å². The van der Waals surface area contributed by atoms with E-state index in [-0.39, 0.29) is 53.6 Å². The highest BCUT2D eigenvalue weighted by Crippen LogP contribution is 2.29. The molecule has 7 heteroatoms. The van der Waals surface area contributed by atoms with Crippen LogP contribution >= 0.6 is 0 Å². The number of amides is 2. The van der Waals surface area contributed by atoms with Crippen LogP contribution in [-0.2, 0) is 28.9 Å². The fraction of sp³-hybridized carbons (Fsp3) is 0.450. The lowest BCUT2D eigenvalue weighted by Crippen LogP contribution is -2.41. The van der Waals surface area contributed by atoms with Crippen LogP contribution < -0.4 is 0 Å². The molecule has 2 atom stereocenters. The molecular weight excluding hydrogens is 346 g/mol. The molecule has 0 N–H and O–H groups in total. The van der Waals surface area contributed by atoms with E-state index in [1.807, 2.05) is 0 Å². The van der Waals surface area contributed by atoms with Crippen LogP contribution in [0.1, 0.15) is 45.8 Å². The average molecular weight is 371 g/mol. The first kappa shape index (κ1) is 12.7. The maximum Gasteiger partial charge on any atom is 0.276 e. The highest BCUT2D eigenvalue weighted by molar-refractivity contribution is 5.92. The molecule has 2 bridgehead atoms. The predicted molar refractivity (Wildman–Crippen MR) is 94.7 cm³/mol. The number of benzene rings is 1. The molecule has 2 fully saturated rings. The van der Waals surface area contributed by atoms with Gasteiger partial charge in [-0.25, -0.2) is 4.98 Å². The fourth-order valence-electron chi connectivity index (χ4n) is 3.72. The van der Waals surface area contributed by atoms with Crippen LogP contribution in [0.3, 0.4) is 0 Å². The lowest BCUT2D eigenvalue weighted by atomic mass is 10.1. The van der Waals surface area contributed by atoms with Crippen molar-refractivity contribution in [1.29, 1.82) is 0 Å². The normalized spacial score (nSPS) is 29.0. The van der Waals surface area contributed by atoms with Gasteiger partial charge in [0.15, 0.2) is 11.6 Å². The van der Waals surface area contributed by atoms with Crippen LogP contribution in [-0.4, -0.2) is 51.9 Å². The summed E-state index contributed by atoms with van der Waals surface area (Å²) in [6.07, 6.45) is 1.99. The zero-order chi connectivity index (χ0) is 22.0. The third kappa shape index (κ3) is 3.02. The number of likely N-dealkylation sites (tertiary alicyclic amines) is 1. The quantitative estimate of drug-likeness (QED) is 0.819. The van der Waals surface area contributed by atoms with E-state index in [0.29, 0.717) is 18.1 Å². The van der Waals surface area contributed by atoms with Crippen LogP contribution in [0.25, 0.3) is 0 Å². The summed E-state index contributed by atoms with van der Waals surface area (Å²) in [5, 5.41) is 0. The van der Waals surface area contributed by atoms with Crippen LogP contribution in [0.15, 0.2) is 34.9 Å². The summed E-state index contributed by atoms with van der Waals surface area (Å²) in [5.41, 5.74) is 0.441. The summed E-state index contributed by atoms with van der Waals surface area (Å²) in [4.78, 5) is 32.1. The Hall–Kier alpha value is -2.67. The lowest BCUT2D eigenvalue weighted by molar-refractivity contribution is -0.131. The van der Waals surface area contributed by atoms with Crippen molar-refractivity contribution in [3.63, 3.8) is 0 Å². The number of nitrogens with zero attached hydrogens (tertiary/aromatic N) is 3. The van der Waals surface area contributed by atoms with Crippen molar-refractivity contribution in [2.45, 2.75) is 44.4 Å². The standard InChI is InChI=1S/C20H21N3O4/c24-19(22-8-13-3-1-2-4-14(13)9-22)6-5-18-21-17(12-27-18)20(25)23-10-16-7-15(23)11-26-16/h1-4,12,15-16H,5-11H2/i8D2,9D2. The number of hydrogen-bond acceptors (Lipinski definition) is 5. The number of carbonyl (C=O) groups is 2. The van der Waals surface area contributed by atoms with Gasteiger partial charge in [-0.15, -0.1) is 0 Å². The van der Waals surface area contributed by atoms with Crippen molar-refractivity contribution in [2.75, 3.05) is 13.2 Å². The van der Waals surface area contributed by atoms with Crippen molar-refractivity contribution in [3.8, 4) is 0 Å². The van der Waals surface area contributed by atoms with E-state index in [9.17, 15) is 9.59 Å². The van der Waals surface area contributed by atoms with E-state index in [4.69, 9.17) is 14.6 Å². The Bertz CT molecular complexity index is 1020. The van der Waals surface area contributed by atoms with Gasteiger partial charge in [0.1, 0.15) is 6.26 Å². The summed E-state index contributed by atoms with van der Waals surface area (Å²) < 4.78 is 44.2. The van der Waals surface area contributed by atoms with E-state index in [1.165, 1.54) is 18.4 Å². The Morgan fingerprint density at radius 3 is 2.70 bits per heavy atom. The molecule has 7 nitrogen and oxygen atoms in total. The van der Waals surface area contributed by atoms with E-state index >= 15 is 0 Å². The number of ether oxygens (including phenoxy) is 1. The molecule has 0 spiro atoms. The molecule has 5 rings (SSSR count). The van der Waals surface area contributed by atoms with Gasteiger partial charge in [-0.3, -0.25) is 9.59 Å². The number of aryl methyl sites for hydroxylation is 1. The van der Waals surface area contributed by atoms with E-state index in [2.05, 4.69) is 4.98 Å². The first-order valence-corrected chi connectivity index (χ1v) is 8.99. The molecule has 1 aromatic carbocycles. The second kappa shape index (κ2) is 6.49. The summed E-state index contributed by atoms with van der Waals surface area (Å²) in [5.74, 6) is -0.763. The van der Waals surface area contributed by atoms with Gasteiger partial charge >= 0.3 is 0 Å². The number of fused-ring (bicyclic) bond motifs is 3. The van der Waals surface area contributed by atoms with Gasteiger partial charge in [0.2, 0.25) is 5.91 Å². The Morgan fingerprint density at radius 1 is 1.26 bits per heavy atom. The fourth-order valence-corrected chi connectivity index (χ4v) is 3.72. The molecule has 0 aliphatic carbocycles. The number of oxazole rings is 1. The zero-order valence-electron chi connectivity index (χ0n) is 18.6. The lowest BCUT2D eigenvalue weighted by Gasteiger charge is -2.25. The zero-order valence-corrected chi connectivity index (χ0v) is 14.6. The minimum absolute atomic E-state index is 0.0281. The van der Waals surface area contributed by atoms with Crippen molar-refractivity contribution < 1.29 is 24.2 Å². The molecular formula is C20H21N3O4. The molecule has 2 aromatic rings. The first-order chi connectivity index (χ1) is 14.7. The third-order valence-electron chi connectivity index (χ3n) is 5.13. The van der Waals surface area contributed by atoms with Gasteiger partial charge in [-0.1, -0.05) is 24.3 Å². The summed E-state index contributed by atoms with van der Waals surface area (Å²) in [7, 11) is 0. The number of carbonyl (C=O) groups excluding carboxylic acids is 2. The van der Waals surface area contributed by atoms with Crippen molar-refractivity contribution in [1.82, 2.24) is 14.8 Å². The van der Waals surface area contributed by atoms with E-state index in [0.717, 1.165) is 6.42 Å². The SMILES string of the molecule is [2H]C1([2H])c2ccccc2C([2H])([2H])N1C(=O)CCc1nc(C(=O)N2CC3CC2CO3)co1. The van der Waals surface area contributed by atoms with Gasteiger partial charge in [-0.2, -0.15) is 0 Å². The van der Waals surface area contributed by atoms with Crippen molar-refractivity contribution in [3.05, 3.63) is 53.2 Å². The maximum absolute atomic E-state index is 12.8. The monoisotopic (exact) mass is 371 g/mol. The van der Waals surface area contributed by atoms with Crippen LogP contribution in [0, 0.1) is 0 Å². The Labute approximate surface area is 162 Å². The highest BCUT2D eigenvalue weighted by Gasteiger charge is 2.42. The smallest absolute Gasteiger partial charge is 0.276 e. The van der Waals surface area contributed by atoms with Gasteiger partial charge in [-0.05, 0) is 17.5 Å². The number of hydrogen-bond donors (Lipinski definition) is 0. The van der Waals surface area contributed by atoms with E-state index in [1.54, 1.807) is 17.0 Å². The van der Waals surface area contributed by atoms with Crippen LogP contribution in [0.5, 0.6) is 0 Å². The van der Waals surface area contributed by atoms with Crippen molar-refractivity contribution in [2.24, 2.45) is 0 Å². The van der Waals surface area contributed by atoms with Gasteiger partial charge in [0.25, 0.3) is 5.91 Å². The average Bonchev–Trinajstić information content (AvgIpc) is 3.50. The molecule has 4 heterocycles. The first-order valence-electron chi connectivity index (χ1n) is 11.0. The molecule has 2 amide bonds. The molecule has 0 radical (unpaired) electrons. The second-order valence-corrected chi connectivity index (χ2v) is 6.93. The maximum atomic E-state index is 12.8. The predicted octanol–water partition coefficient (Wildman–Crippen LogP) is 1.76. The Morgan fingerprint density at radius 2 is 2.04 bits per heavy atom. The van der Waals surface area contributed by atoms with E-state index < -0.39 is 18.9 Å². The number of aromatic nitrogens is 1. The molecule has 2 saturated heterocycles. The summed E-state index contributed by atoms with van der Waals surface area (Å²) in [6.45, 7) is -3.49. The second-order valence-electron chi connectivity index (χ2n) is 6.93. The molecule has 3 aliphatic rings. The van der Waals surface area contributed by atoms with Gasteiger partial charge < -0.3 is 19.0 Å². The largest absolute Gasteiger partial charge is 0.448 e. The highest BCUT2D eigenvalue weighted by atomic mass is 16.5. The summed E-state index contributed by atoms with van der Waals surface area (Å²) in [6, 6.07) is 6.26. The van der Waals surface area contributed by atoms with Gasteiger partial charge in [0.05, 0.1) is 24.2 Å². The molecule has 0 saturated carbocycles. The van der Waals surface area contributed by atoms with Gasteiger partial charge in [0, 0.05) is 32.4 Å². The Kier molecular flexibility index (Phi) is 3.05. The molecule has 27 heavy (non-hydrogen) atoms. The molecule has 140 valence electrons. The minimum Gasteiger partial charge on any atom is -0.448 e. The third-order valence-corrected chi connectivity index (χ3v) is 5.13. The topological polar surface area (TPSA) is 75.9 Å². The van der Waals surface area contributed by atoms with Crippen molar-refractivity contribution >= 4 is 11.8 Å². The Balaban J connectivity index is 1.27. The number of morpholine rings is 1. The molecule has 3 aliphatic heterocycles. The summed E-state index contributed by atoms with van der Waals surface area (Å²) >= 11 is 0. The minimum atomic E-state index is -2.27. The number of rotatable bonds is 4. The molecule has 2 unspecified atom stereocenters. The van der Waals surface area contributed by atoms with Crippen LogP contribution in [0.4, 0.5) is 0 Å².